The number of carbonyl (C=O) groups excluding carboxylic acids is 2. The summed E-state index contributed by atoms with van der Waals surface area (Å²) in [6.45, 7) is 2.24. The summed E-state index contributed by atoms with van der Waals surface area (Å²) in [5, 5.41) is 16.7. The number of sulfone groups is 1. The van der Waals surface area contributed by atoms with E-state index in [1.165, 1.54) is 12.1 Å². The molecule has 0 aliphatic heterocycles. The molecule has 3 N–H and O–H groups in total. The van der Waals surface area contributed by atoms with Gasteiger partial charge in [0.15, 0.2) is 0 Å². The predicted octanol–water partition coefficient (Wildman–Crippen LogP) is 6.52. The number of anilines is 2. The summed E-state index contributed by atoms with van der Waals surface area (Å²) in [4.78, 5) is 36.8. The minimum Gasteiger partial charge on any atom is -0.362 e. The van der Waals surface area contributed by atoms with Crippen LogP contribution in [-0.4, -0.2) is 68.4 Å². The lowest BCUT2D eigenvalue weighted by Gasteiger charge is -2.29. The van der Waals surface area contributed by atoms with Crippen molar-refractivity contribution < 1.29 is 41.3 Å². The number of rotatable bonds is 8. The molecule has 0 unspecified atom stereocenters. The molecule has 1 aliphatic rings. The van der Waals surface area contributed by atoms with Crippen molar-refractivity contribution in [3.05, 3.63) is 69.4 Å². The van der Waals surface area contributed by atoms with Crippen molar-refractivity contribution in [1.29, 1.82) is 0 Å². The number of hydrogen-bond acceptors (Lipinski definition) is 11. The number of thiophene rings is 1. The average Bonchev–Trinajstić information content (AvgIpc) is 3.45. The largest absolute Gasteiger partial charge is 0.494 e. The van der Waals surface area contributed by atoms with Crippen LogP contribution in [0.15, 0.2) is 63.7 Å². The van der Waals surface area contributed by atoms with Gasteiger partial charge in [-0.1, -0.05) is 23.7 Å². The van der Waals surface area contributed by atoms with Crippen LogP contribution in [0.2, 0.25) is 5.02 Å². The molecule has 0 spiro atoms. The Morgan fingerprint density at radius 3 is 2.29 bits per heavy atom. The van der Waals surface area contributed by atoms with Gasteiger partial charge in [0.1, 0.15) is 5.82 Å². The molecule has 4 aromatic rings. The quantitative estimate of drug-likeness (QED) is 0.135. The zero-order valence-electron chi connectivity index (χ0n) is 26.0. The number of alkyl halides is 3. The highest BCUT2D eigenvalue weighted by Crippen LogP contribution is 2.32. The van der Waals surface area contributed by atoms with Crippen LogP contribution in [0.1, 0.15) is 40.9 Å². The molecule has 11 nitrogen and oxygen atoms in total. The van der Waals surface area contributed by atoms with E-state index >= 15 is 0 Å². The van der Waals surface area contributed by atoms with Gasteiger partial charge in [-0.05, 0) is 80.5 Å². The number of nitrogens with one attached hydrogen (secondary N) is 2. The Kier molecular flexibility index (Phi) is 11.9. The number of aromatic nitrogens is 2. The first kappa shape index (κ1) is 36.8. The lowest BCUT2D eigenvalue weighted by Crippen LogP contribution is -2.34. The number of amides is 1. The summed E-state index contributed by atoms with van der Waals surface area (Å²) in [5.74, 6) is -0.970. The third-order valence-corrected chi connectivity index (χ3v) is 11.0. The molecule has 48 heavy (non-hydrogen) atoms. The normalized spacial score (nSPS) is 16.4. The molecular weight excluding hydrogens is 695 g/mol. The van der Waals surface area contributed by atoms with Gasteiger partial charge in [0, 0.05) is 42.5 Å². The van der Waals surface area contributed by atoms with Crippen molar-refractivity contribution in [3.8, 4) is 0 Å². The summed E-state index contributed by atoms with van der Waals surface area (Å²) in [6.07, 6.45) is -1.27. The molecule has 0 bridgehead atoms. The molecule has 1 amide bonds. The second-order valence-corrected chi connectivity index (χ2v) is 14.5. The van der Waals surface area contributed by atoms with Gasteiger partial charge in [-0.3, -0.25) is 9.68 Å². The van der Waals surface area contributed by atoms with Gasteiger partial charge in [0.05, 0.1) is 20.2 Å². The Balaban J connectivity index is 0.000000579. The number of benzene rings is 2. The van der Waals surface area contributed by atoms with E-state index in [1.54, 1.807) is 24.4 Å². The first-order valence-corrected chi connectivity index (χ1v) is 17.4. The molecule has 2 aromatic heterocycles. The summed E-state index contributed by atoms with van der Waals surface area (Å²) in [7, 11) is 0.228. The number of carbonyl (C=O) groups is 2. The van der Waals surface area contributed by atoms with Gasteiger partial charge >= 0.3 is 12.1 Å². The van der Waals surface area contributed by atoms with Crippen molar-refractivity contribution in [2.75, 3.05) is 30.9 Å². The zero-order chi connectivity index (χ0) is 35.2. The minimum absolute atomic E-state index is 0.155. The molecule has 17 heteroatoms. The van der Waals surface area contributed by atoms with Crippen LogP contribution in [0.5, 0.6) is 0 Å². The second kappa shape index (κ2) is 15.5. The van der Waals surface area contributed by atoms with E-state index in [2.05, 4.69) is 15.5 Å². The maximum absolute atomic E-state index is 13.1. The topological polar surface area (TPSA) is 151 Å². The summed E-state index contributed by atoms with van der Waals surface area (Å²) in [5.41, 5.74) is 1.38. The average molecular weight is 728 g/mol. The van der Waals surface area contributed by atoms with Gasteiger partial charge in [-0.25, -0.2) is 18.2 Å². The van der Waals surface area contributed by atoms with Gasteiger partial charge in [0.25, 0.3) is 5.91 Å². The predicted molar refractivity (Wildman–Crippen MR) is 176 cm³/mol. The molecule has 1 fully saturated rings. The molecule has 2 heterocycles. The van der Waals surface area contributed by atoms with Gasteiger partial charge < -0.3 is 15.5 Å². The van der Waals surface area contributed by atoms with Crippen LogP contribution in [0.3, 0.4) is 0 Å². The summed E-state index contributed by atoms with van der Waals surface area (Å²) >= 11 is 7.06. The van der Waals surface area contributed by atoms with Crippen LogP contribution in [0, 0.1) is 12.8 Å². The SMILES string of the molecule is Cc1c(S(=O)(=O)c2ccc(Cl)cc2)csc1C(=O)NCC1CCC(Nc2nc(N(C)C)c3ccccc3n2)CC1.O=C(OO)C(F)(F)F. The Bertz CT molecular complexity index is 1860. The third-order valence-electron chi connectivity index (χ3n) is 7.67. The molecule has 2 aromatic carbocycles. The zero-order valence-corrected chi connectivity index (χ0v) is 28.4. The Morgan fingerprint density at radius 1 is 1.06 bits per heavy atom. The highest BCUT2D eigenvalue weighted by Gasteiger charge is 2.41. The first-order chi connectivity index (χ1) is 22.6. The van der Waals surface area contributed by atoms with E-state index < -0.39 is 22.0 Å². The van der Waals surface area contributed by atoms with Crippen molar-refractivity contribution >= 4 is 67.3 Å². The standard InChI is InChI=1S/C29H32ClN5O3S2.C2HF3O3/c1-18-25(40(37,38)22-14-10-20(30)11-15-22)17-39-26(18)28(36)31-16-19-8-12-21(13-9-19)32-29-33-24-7-5-4-6-23(24)27(34-29)35(2)3;3-2(4,5)1(6)8-7/h4-7,10-11,14-15,17,19,21H,8-9,12-13,16H2,1-3H3,(H,31,36)(H,32,33,34);7H. The van der Waals surface area contributed by atoms with Crippen LogP contribution in [0.4, 0.5) is 24.9 Å². The number of para-hydroxylation sites is 1. The molecule has 0 radical (unpaired) electrons. The minimum atomic E-state index is -5.10. The van der Waals surface area contributed by atoms with E-state index in [0.717, 1.165) is 53.7 Å². The molecule has 1 aliphatic carbocycles. The van der Waals surface area contributed by atoms with Crippen molar-refractivity contribution in [2.45, 2.75) is 54.6 Å². The summed E-state index contributed by atoms with van der Waals surface area (Å²) < 4.78 is 58.6. The van der Waals surface area contributed by atoms with E-state index in [4.69, 9.17) is 26.8 Å². The Labute approximate surface area is 283 Å². The Hall–Kier alpha value is -3.99. The number of halogens is 4. The first-order valence-electron chi connectivity index (χ1n) is 14.6. The molecular formula is C31H33ClF3N5O6S2. The maximum atomic E-state index is 13.1. The molecule has 258 valence electrons. The monoisotopic (exact) mass is 727 g/mol. The van der Waals surface area contributed by atoms with E-state index in [9.17, 15) is 31.2 Å². The van der Waals surface area contributed by atoms with Crippen LogP contribution in [-0.2, 0) is 19.5 Å². The van der Waals surface area contributed by atoms with Crippen LogP contribution < -0.4 is 15.5 Å². The van der Waals surface area contributed by atoms with Gasteiger partial charge in [0.2, 0.25) is 15.8 Å². The smallest absolute Gasteiger partial charge is 0.362 e. The fourth-order valence-electron chi connectivity index (χ4n) is 5.16. The van der Waals surface area contributed by atoms with Crippen molar-refractivity contribution in [3.63, 3.8) is 0 Å². The highest BCUT2D eigenvalue weighted by atomic mass is 35.5. The fraction of sp³-hybridized carbons (Fsp3) is 0.355. The van der Waals surface area contributed by atoms with E-state index in [-0.39, 0.29) is 21.7 Å². The number of fused-ring (bicyclic) bond motifs is 1. The van der Waals surface area contributed by atoms with E-state index in [1.807, 2.05) is 43.3 Å². The second-order valence-electron chi connectivity index (χ2n) is 11.2. The number of hydrogen-bond donors (Lipinski definition) is 3. The Morgan fingerprint density at radius 2 is 1.71 bits per heavy atom. The fourth-order valence-corrected chi connectivity index (χ4v) is 8.12. The van der Waals surface area contributed by atoms with Crippen molar-refractivity contribution in [1.82, 2.24) is 15.3 Å². The molecule has 5 rings (SSSR count). The highest BCUT2D eigenvalue weighted by molar-refractivity contribution is 7.91. The molecule has 0 atom stereocenters. The van der Waals surface area contributed by atoms with Crippen LogP contribution >= 0.6 is 22.9 Å². The lowest BCUT2D eigenvalue weighted by molar-refractivity contribution is -0.272. The van der Waals surface area contributed by atoms with E-state index in [0.29, 0.717) is 33.9 Å². The van der Waals surface area contributed by atoms with Crippen LogP contribution in [0.25, 0.3) is 10.9 Å². The van der Waals surface area contributed by atoms with Gasteiger partial charge in [-0.15, -0.1) is 11.3 Å². The summed E-state index contributed by atoms with van der Waals surface area (Å²) in [6, 6.07) is 14.3. The molecule has 1 saturated carbocycles. The number of nitrogens with zero attached hydrogens (tertiary/aromatic N) is 3. The van der Waals surface area contributed by atoms with Gasteiger partial charge in [-0.2, -0.15) is 23.4 Å². The maximum Gasteiger partial charge on any atom is 0.494 e. The third kappa shape index (κ3) is 8.92. The molecule has 0 saturated heterocycles. The van der Waals surface area contributed by atoms with Crippen molar-refractivity contribution in [2.24, 2.45) is 5.92 Å². The lowest BCUT2D eigenvalue weighted by atomic mass is 9.86.